The van der Waals surface area contributed by atoms with Crippen molar-refractivity contribution in [2.75, 3.05) is 19.8 Å². The maximum atomic E-state index is 12.6. The molecule has 0 bridgehead atoms. The first-order chi connectivity index (χ1) is 11.6. The van der Waals surface area contributed by atoms with Crippen LogP contribution in [0.4, 0.5) is 5.69 Å². The molecule has 0 amide bonds. The van der Waals surface area contributed by atoms with E-state index in [0.717, 1.165) is 0 Å². The lowest BCUT2D eigenvalue weighted by molar-refractivity contribution is -0.155. The van der Waals surface area contributed by atoms with E-state index in [0.29, 0.717) is 31.7 Å². The van der Waals surface area contributed by atoms with Crippen LogP contribution < -0.4 is 0 Å². The summed E-state index contributed by atoms with van der Waals surface area (Å²) < 4.78 is 9.93. The molecule has 24 heavy (non-hydrogen) atoms. The fourth-order valence-corrected chi connectivity index (χ4v) is 2.38. The summed E-state index contributed by atoms with van der Waals surface area (Å²) in [4.78, 5) is 36.6. The molecule has 0 aromatic heterocycles. The first-order valence-electron chi connectivity index (χ1n) is 7.91. The number of ether oxygens (including phenoxy) is 2. The van der Waals surface area contributed by atoms with E-state index in [1.54, 1.807) is 31.2 Å². The molecule has 1 saturated heterocycles. The van der Waals surface area contributed by atoms with Gasteiger partial charge in [-0.25, -0.2) is 4.79 Å². The van der Waals surface area contributed by atoms with Crippen LogP contribution in [0.5, 0.6) is 0 Å². The van der Waals surface area contributed by atoms with Gasteiger partial charge in [-0.3, -0.25) is 9.59 Å². The lowest BCUT2D eigenvalue weighted by Gasteiger charge is -2.22. The maximum Gasteiger partial charge on any atom is 0.377 e. The fourth-order valence-electron chi connectivity index (χ4n) is 2.38. The molecule has 7 nitrogen and oxygen atoms in total. The number of carbonyl (C=O) groups is 3. The lowest BCUT2D eigenvalue weighted by atomic mass is 9.90. The zero-order valence-electron chi connectivity index (χ0n) is 13.5. The molecule has 1 atom stereocenters. The summed E-state index contributed by atoms with van der Waals surface area (Å²) in [7, 11) is 0. The van der Waals surface area contributed by atoms with Gasteiger partial charge in [-0.2, -0.15) is 10.2 Å². The van der Waals surface area contributed by atoms with Crippen LogP contribution in [0, 0.1) is 5.92 Å². The third-order valence-corrected chi connectivity index (χ3v) is 3.66. The van der Waals surface area contributed by atoms with Gasteiger partial charge in [-0.05, 0) is 31.9 Å². The van der Waals surface area contributed by atoms with Gasteiger partial charge in [0.2, 0.25) is 0 Å². The van der Waals surface area contributed by atoms with Crippen molar-refractivity contribution >= 4 is 23.2 Å². The van der Waals surface area contributed by atoms with Crippen molar-refractivity contribution in [1.29, 1.82) is 0 Å². The number of azo groups is 1. The SMILES string of the molecule is CCOC(=O)C(=O)C(/N=N/c1ccccc1)C(=O)C1CCOCC1. The number of carbonyl (C=O) groups excluding carboxylic acids is 3. The zero-order valence-corrected chi connectivity index (χ0v) is 13.5. The monoisotopic (exact) mass is 332 g/mol. The highest BCUT2D eigenvalue weighted by atomic mass is 16.5. The van der Waals surface area contributed by atoms with Gasteiger partial charge >= 0.3 is 5.97 Å². The van der Waals surface area contributed by atoms with Crippen LogP contribution in [0.3, 0.4) is 0 Å². The Morgan fingerprint density at radius 3 is 2.50 bits per heavy atom. The number of hydrogen-bond donors (Lipinski definition) is 0. The van der Waals surface area contributed by atoms with Crippen LogP contribution >= 0.6 is 0 Å². The zero-order chi connectivity index (χ0) is 17.4. The van der Waals surface area contributed by atoms with Gasteiger partial charge in [-0.1, -0.05) is 18.2 Å². The molecule has 1 aliphatic heterocycles. The van der Waals surface area contributed by atoms with Crippen LogP contribution in [-0.4, -0.2) is 43.4 Å². The molecule has 0 spiro atoms. The third kappa shape index (κ3) is 4.79. The smallest absolute Gasteiger partial charge is 0.377 e. The minimum absolute atomic E-state index is 0.0541. The molecule has 128 valence electrons. The first kappa shape index (κ1) is 17.9. The first-order valence-corrected chi connectivity index (χ1v) is 7.91. The summed E-state index contributed by atoms with van der Waals surface area (Å²) in [6.07, 6.45) is 1.01. The molecule has 0 N–H and O–H groups in total. The molecule has 2 rings (SSSR count). The molecule has 0 radical (unpaired) electrons. The minimum Gasteiger partial charge on any atom is -0.460 e. The summed E-state index contributed by atoms with van der Waals surface area (Å²) in [6, 6.07) is 7.25. The molecule has 1 aromatic rings. The summed E-state index contributed by atoms with van der Waals surface area (Å²) in [5.41, 5.74) is 0.499. The predicted octanol–water partition coefficient (Wildman–Crippen LogP) is 2.27. The Morgan fingerprint density at radius 1 is 1.21 bits per heavy atom. The number of ketones is 2. The van der Waals surface area contributed by atoms with E-state index < -0.39 is 23.6 Å². The standard InChI is InChI=1S/C17H20N2O5/c1-2-24-17(22)16(21)14(15(20)12-8-10-23-11-9-12)19-18-13-6-4-3-5-7-13/h3-7,12,14H,2,8-11H2,1H3/b19-18+. The average molecular weight is 332 g/mol. The predicted molar refractivity (Wildman–Crippen MR) is 84.9 cm³/mol. The Hall–Kier alpha value is -2.41. The summed E-state index contributed by atoms with van der Waals surface area (Å²) in [5, 5.41) is 7.79. The fraction of sp³-hybridized carbons (Fsp3) is 0.471. The van der Waals surface area contributed by atoms with Crippen molar-refractivity contribution in [3.05, 3.63) is 30.3 Å². The van der Waals surface area contributed by atoms with Crippen LogP contribution in [0.1, 0.15) is 19.8 Å². The lowest BCUT2D eigenvalue weighted by Crippen LogP contribution is -2.40. The number of Topliss-reactive ketones (excluding diaryl/α,β-unsaturated/α-hetero) is 2. The Morgan fingerprint density at radius 2 is 1.88 bits per heavy atom. The second kappa shape index (κ2) is 9.02. The molecule has 7 heteroatoms. The van der Waals surface area contributed by atoms with E-state index in [1.807, 2.05) is 6.07 Å². The largest absolute Gasteiger partial charge is 0.460 e. The maximum absolute atomic E-state index is 12.6. The molecule has 0 saturated carbocycles. The van der Waals surface area contributed by atoms with Gasteiger partial charge in [0.05, 0.1) is 12.3 Å². The van der Waals surface area contributed by atoms with Crippen molar-refractivity contribution < 1.29 is 23.9 Å². The van der Waals surface area contributed by atoms with Gasteiger partial charge in [-0.15, -0.1) is 0 Å². The van der Waals surface area contributed by atoms with Crippen molar-refractivity contribution in [3.8, 4) is 0 Å². The van der Waals surface area contributed by atoms with Crippen LogP contribution in [-0.2, 0) is 23.9 Å². The summed E-state index contributed by atoms with van der Waals surface area (Å²) in [5.74, 6) is -2.81. The van der Waals surface area contributed by atoms with Gasteiger partial charge in [0.1, 0.15) is 0 Å². The Labute approximate surface area is 140 Å². The highest BCUT2D eigenvalue weighted by molar-refractivity contribution is 6.40. The number of hydrogen-bond acceptors (Lipinski definition) is 7. The minimum atomic E-state index is -1.47. The van der Waals surface area contributed by atoms with E-state index in [-0.39, 0.29) is 12.5 Å². The van der Waals surface area contributed by atoms with E-state index in [2.05, 4.69) is 10.2 Å². The van der Waals surface area contributed by atoms with Crippen molar-refractivity contribution in [3.63, 3.8) is 0 Å². The Bertz CT molecular complexity index is 609. The molecule has 1 aromatic carbocycles. The van der Waals surface area contributed by atoms with Crippen molar-refractivity contribution in [2.24, 2.45) is 16.1 Å². The highest BCUT2D eigenvalue weighted by Gasteiger charge is 2.37. The van der Waals surface area contributed by atoms with Crippen LogP contribution in [0.2, 0.25) is 0 Å². The van der Waals surface area contributed by atoms with Crippen LogP contribution in [0.15, 0.2) is 40.6 Å². The normalized spacial score (nSPS) is 16.7. The Kier molecular flexibility index (Phi) is 6.74. The highest BCUT2D eigenvalue weighted by Crippen LogP contribution is 2.20. The molecular weight excluding hydrogens is 312 g/mol. The van der Waals surface area contributed by atoms with Crippen LogP contribution in [0.25, 0.3) is 0 Å². The second-order valence-electron chi connectivity index (χ2n) is 5.33. The summed E-state index contributed by atoms with van der Waals surface area (Å²) in [6.45, 7) is 2.55. The van der Waals surface area contributed by atoms with Gasteiger partial charge < -0.3 is 9.47 Å². The number of esters is 1. The van der Waals surface area contributed by atoms with Gasteiger partial charge in [0.25, 0.3) is 5.78 Å². The second-order valence-corrected chi connectivity index (χ2v) is 5.33. The molecule has 1 fully saturated rings. The molecule has 1 heterocycles. The van der Waals surface area contributed by atoms with Crippen molar-refractivity contribution in [2.45, 2.75) is 25.8 Å². The number of rotatable bonds is 7. The Balaban J connectivity index is 2.19. The topological polar surface area (TPSA) is 94.4 Å². The van der Waals surface area contributed by atoms with Gasteiger partial charge in [0, 0.05) is 19.1 Å². The summed E-state index contributed by atoms with van der Waals surface area (Å²) >= 11 is 0. The average Bonchev–Trinajstić information content (AvgIpc) is 2.63. The van der Waals surface area contributed by atoms with E-state index >= 15 is 0 Å². The van der Waals surface area contributed by atoms with E-state index in [9.17, 15) is 14.4 Å². The molecule has 1 aliphatic rings. The van der Waals surface area contributed by atoms with Gasteiger partial charge in [0.15, 0.2) is 11.8 Å². The number of benzene rings is 1. The third-order valence-electron chi connectivity index (χ3n) is 3.66. The quantitative estimate of drug-likeness (QED) is 0.330. The van der Waals surface area contributed by atoms with Crippen molar-refractivity contribution in [1.82, 2.24) is 0 Å². The van der Waals surface area contributed by atoms with E-state index in [4.69, 9.17) is 9.47 Å². The molecular formula is C17H20N2O5. The molecule has 0 aliphatic carbocycles. The molecule has 1 unspecified atom stereocenters. The number of nitrogens with zero attached hydrogens (tertiary/aromatic N) is 2. The van der Waals surface area contributed by atoms with E-state index in [1.165, 1.54) is 0 Å².